The summed E-state index contributed by atoms with van der Waals surface area (Å²) in [5.74, 6) is 0.131. The summed E-state index contributed by atoms with van der Waals surface area (Å²) in [6.07, 6.45) is 0.135. The van der Waals surface area contributed by atoms with Gasteiger partial charge in [0, 0.05) is 32.6 Å². The van der Waals surface area contributed by atoms with Crippen molar-refractivity contribution in [2.24, 2.45) is 0 Å². The molecule has 28 heavy (non-hydrogen) atoms. The van der Waals surface area contributed by atoms with Gasteiger partial charge in [0.05, 0.1) is 0 Å². The molecular weight excluding hydrogens is 352 g/mol. The van der Waals surface area contributed by atoms with Gasteiger partial charge >= 0.3 is 6.09 Å². The maximum Gasteiger partial charge on any atom is 0.410 e. The average Bonchev–Trinajstić information content (AvgIpc) is 2.73. The average molecular weight is 380 g/mol. The fourth-order valence-electron chi connectivity index (χ4n) is 3.43. The van der Waals surface area contributed by atoms with Gasteiger partial charge in [-0.1, -0.05) is 74.5 Å². The lowest BCUT2D eigenvalue weighted by Crippen LogP contribution is -2.51. The molecule has 1 fully saturated rings. The first kappa shape index (κ1) is 19.9. The van der Waals surface area contributed by atoms with Crippen LogP contribution in [0.25, 0.3) is 0 Å². The van der Waals surface area contributed by atoms with Gasteiger partial charge < -0.3 is 14.5 Å². The van der Waals surface area contributed by atoms with Crippen LogP contribution in [0.4, 0.5) is 4.79 Å². The second-order valence-electron chi connectivity index (χ2n) is 7.83. The normalized spacial score (nSPS) is 14.6. The van der Waals surface area contributed by atoms with Crippen molar-refractivity contribution >= 4 is 12.0 Å². The number of carbonyl (C=O) groups is 2. The number of carbonyl (C=O) groups excluding carboxylic acids is 2. The largest absolute Gasteiger partial charge is 0.445 e. The summed E-state index contributed by atoms with van der Waals surface area (Å²) in [6.45, 7) is 6.56. The van der Waals surface area contributed by atoms with E-state index in [-0.39, 0.29) is 24.0 Å². The van der Waals surface area contributed by atoms with Crippen molar-refractivity contribution in [2.75, 3.05) is 26.2 Å². The summed E-state index contributed by atoms with van der Waals surface area (Å²) in [4.78, 5) is 28.6. The van der Waals surface area contributed by atoms with Crippen LogP contribution < -0.4 is 0 Å². The zero-order valence-electron chi connectivity index (χ0n) is 16.6. The molecule has 5 heteroatoms. The topological polar surface area (TPSA) is 49.9 Å². The molecule has 0 bridgehead atoms. The highest BCUT2D eigenvalue weighted by atomic mass is 16.6. The number of benzene rings is 2. The molecule has 0 spiro atoms. The Balaban J connectivity index is 1.46. The molecule has 1 saturated heterocycles. The van der Waals surface area contributed by atoms with E-state index in [0.29, 0.717) is 32.6 Å². The predicted octanol–water partition coefficient (Wildman–Crippen LogP) is 3.84. The smallest absolute Gasteiger partial charge is 0.410 e. The first-order chi connectivity index (χ1) is 13.5. The van der Waals surface area contributed by atoms with E-state index in [9.17, 15) is 9.59 Å². The molecule has 0 N–H and O–H groups in total. The van der Waals surface area contributed by atoms with E-state index in [0.717, 1.165) is 11.1 Å². The van der Waals surface area contributed by atoms with Crippen molar-refractivity contribution in [1.29, 1.82) is 0 Å². The number of amides is 2. The molecule has 0 saturated carbocycles. The van der Waals surface area contributed by atoms with Crippen LogP contribution in [0, 0.1) is 0 Å². The number of hydrogen-bond donors (Lipinski definition) is 0. The van der Waals surface area contributed by atoms with Crippen LogP contribution in [-0.2, 0) is 21.6 Å². The predicted molar refractivity (Wildman–Crippen MR) is 109 cm³/mol. The molecule has 1 heterocycles. The Bertz CT molecular complexity index is 782. The Labute approximate surface area is 166 Å². The summed E-state index contributed by atoms with van der Waals surface area (Å²) < 4.78 is 5.39. The molecule has 3 rings (SSSR count). The molecule has 5 nitrogen and oxygen atoms in total. The van der Waals surface area contributed by atoms with Gasteiger partial charge in [-0.05, 0) is 16.5 Å². The quantitative estimate of drug-likeness (QED) is 0.792. The number of hydrogen-bond acceptors (Lipinski definition) is 3. The van der Waals surface area contributed by atoms with Crippen LogP contribution in [0.2, 0.25) is 0 Å². The number of rotatable bonds is 5. The lowest BCUT2D eigenvalue weighted by atomic mass is 9.81. The highest BCUT2D eigenvalue weighted by Crippen LogP contribution is 2.27. The summed E-state index contributed by atoms with van der Waals surface area (Å²) >= 11 is 0. The SMILES string of the molecule is CC(C)(CC(=O)N1CCN(C(=O)OCc2ccccc2)CC1)c1ccccc1. The Kier molecular flexibility index (Phi) is 6.34. The fraction of sp³-hybridized carbons (Fsp3) is 0.391. The van der Waals surface area contributed by atoms with E-state index in [1.54, 1.807) is 4.90 Å². The molecule has 0 aromatic heterocycles. The van der Waals surface area contributed by atoms with Crippen LogP contribution >= 0.6 is 0 Å². The van der Waals surface area contributed by atoms with Gasteiger partial charge in [-0.25, -0.2) is 4.79 Å². The van der Waals surface area contributed by atoms with Crippen LogP contribution in [0.5, 0.6) is 0 Å². The lowest BCUT2D eigenvalue weighted by Gasteiger charge is -2.36. The molecule has 2 amide bonds. The van der Waals surface area contributed by atoms with Crippen molar-refractivity contribution in [3.63, 3.8) is 0 Å². The molecule has 148 valence electrons. The van der Waals surface area contributed by atoms with E-state index in [4.69, 9.17) is 4.74 Å². The Morgan fingerprint density at radius 2 is 1.39 bits per heavy atom. The van der Waals surface area contributed by atoms with Gasteiger partial charge in [0.15, 0.2) is 0 Å². The number of nitrogens with zero attached hydrogens (tertiary/aromatic N) is 2. The van der Waals surface area contributed by atoms with Crippen LogP contribution in [0.15, 0.2) is 60.7 Å². The van der Waals surface area contributed by atoms with Gasteiger partial charge in [0.1, 0.15) is 6.61 Å². The summed E-state index contributed by atoms with van der Waals surface area (Å²) in [6, 6.07) is 19.7. The van der Waals surface area contributed by atoms with E-state index in [2.05, 4.69) is 26.0 Å². The van der Waals surface area contributed by atoms with Gasteiger partial charge in [0.25, 0.3) is 0 Å². The van der Waals surface area contributed by atoms with E-state index >= 15 is 0 Å². The molecule has 0 radical (unpaired) electrons. The second-order valence-corrected chi connectivity index (χ2v) is 7.83. The summed E-state index contributed by atoms with van der Waals surface area (Å²) in [5.41, 5.74) is 1.91. The van der Waals surface area contributed by atoms with Crippen LogP contribution in [0.3, 0.4) is 0 Å². The molecular formula is C23H28N2O3. The number of piperazine rings is 1. The highest BCUT2D eigenvalue weighted by molar-refractivity contribution is 5.78. The third kappa shape index (κ3) is 5.12. The molecule has 2 aromatic carbocycles. The molecule has 0 atom stereocenters. The molecule has 2 aromatic rings. The minimum atomic E-state index is -0.319. The minimum absolute atomic E-state index is 0.131. The lowest BCUT2D eigenvalue weighted by molar-refractivity contribution is -0.134. The maximum atomic E-state index is 12.8. The Morgan fingerprint density at radius 1 is 0.857 bits per heavy atom. The maximum absolute atomic E-state index is 12.8. The zero-order chi connectivity index (χ0) is 20.0. The van der Waals surface area contributed by atoms with E-state index < -0.39 is 0 Å². The first-order valence-electron chi connectivity index (χ1n) is 9.75. The third-order valence-corrected chi connectivity index (χ3v) is 5.24. The standard InChI is InChI=1S/C23H28N2O3/c1-23(2,20-11-7-4-8-12-20)17-21(26)24-13-15-25(16-14-24)22(27)28-18-19-9-5-3-6-10-19/h3-12H,13-18H2,1-2H3. The summed E-state index contributed by atoms with van der Waals surface area (Å²) in [5, 5.41) is 0. The zero-order valence-corrected chi connectivity index (χ0v) is 16.6. The van der Waals surface area contributed by atoms with Crippen molar-refractivity contribution in [1.82, 2.24) is 9.80 Å². The van der Waals surface area contributed by atoms with Crippen molar-refractivity contribution in [3.8, 4) is 0 Å². The monoisotopic (exact) mass is 380 g/mol. The Morgan fingerprint density at radius 3 is 2.00 bits per heavy atom. The molecule has 1 aliphatic heterocycles. The van der Waals surface area contributed by atoms with Crippen LogP contribution in [-0.4, -0.2) is 48.0 Å². The van der Waals surface area contributed by atoms with Gasteiger partial charge in [-0.3, -0.25) is 4.79 Å². The van der Waals surface area contributed by atoms with E-state index in [1.165, 1.54) is 0 Å². The molecule has 0 unspecified atom stereocenters. The van der Waals surface area contributed by atoms with Crippen molar-refractivity contribution in [2.45, 2.75) is 32.3 Å². The van der Waals surface area contributed by atoms with Crippen molar-refractivity contribution in [3.05, 3.63) is 71.8 Å². The summed E-state index contributed by atoms with van der Waals surface area (Å²) in [7, 11) is 0. The second kappa shape index (κ2) is 8.91. The highest BCUT2D eigenvalue weighted by Gasteiger charge is 2.30. The number of ether oxygens (including phenoxy) is 1. The van der Waals surface area contributed by atoms with Gasteiger partial charge in [-0.15, -0.1) is 0 Å². The Hall–Kier alpha value is -2.82. The molecule has 1 aliphatic rings. The third-order valence-electron chi connectivity index (χ3n) is 5.24. The van der Waals surface area contributed by atoms with Gasteiger partial charge in [-0.2, -0.15) is 0 Å². The molecule has 0 aliphatic carbocycles. The van der Waals surface area contributed by atoms with E-state index in [1.807, 2.05) is 53.4 Å². The fourth-order valence-corrected chi connectivity index (χ4v) is 3.43. The van der Waals surface area contributed by atoms with Crippen LogP contribution in [0.1, 0.15) is 31.4 Å². The minimum Gasteiger partial charge on any atom is -0.445 e. The van der Waals surface area contributed by atoms with Gasteiger partial charge in [0.2, 0.25) is 5.91 Å². The van der Waals surface area contributed by atoms with Crippen molar-refractivity contribution < 1.29 is 14.3 Å². The first-order valence-corrected chi connectivity index (χ1v) is 9.75.